The number of nitrogen functional groups attached to an aromatic ring is 1. The highest BCUT2D eigenvalue weighted by Crippen LogP contribution is 2.15. The first kappa shape index (κ1) is 11.2. The van der Waals surface area contributed by atoms with E-state index >= 15 is 0 Å². The molecule has 0 amide bonds. The lowest BCUT2D eigenvalue weighted by Crippen LogP contribution is -1.99. The van der Waals surface area contributed by atoms with Crippen LogP contribution >= 0.6 is 0 Å². The van der Waals surface area contributed by atoms with E-state index in [1.807, 2.05) is 0 Å². The molecule has 0 spiro atoms. The number of hydrogen-bond donors (Lipinski definition) is 2. The number of carboxylic acid groups (broad SMARTS) is 1. The lowest BCUT2D eigenvalue weighted by Gasteiger charge is -2.04. The summed E-state index contributed by atoms with van der Waals surface area (Å²) in [5, 5.41) is 8.47. The highest BCUT2D eigenvalue weighted by Gasteiger charge is 2.02. The van der Waals surface area contributed by atoms with Gasteiger partial charge in [-0.25, -0.2) is 0 Å². The maximum Gasteiger partial charge on any atom is 0.303 e. The van der Waals surface area contributed by atoms with Gasteiger partial charge in [-0.15, -0.1) is 0 Å². The third-order valence-corrected chi connectivity index (χ3v) is 2.14. The van der Waals surface area contributed by atoms with E-state index in [4.69, 9.17) is 10.8 Å². The van der Waals surface area contributed by atoms with Gasteiger partial charge in [0.25, 0.3) is 0 Å². The Bertz CT molecular complexity index is 374. The zero-order valence-corrected chi connectivity index (χ0v) is 8.27. The van der Waals surface area contributed by atoms with Crippen LogP contribution in [0.4, 0.5) is 5.69 Å². The van der Waals surface area contributed by atoms with Gasteiger partial charge in [0.05, 0.1) is 0 Å². The minimum absolute atomic E-state index is 0.134. The highest BCUT2D eigenvalue weighted by molar-refractivity contribution is 5.77. The van der Waals surface area contributed by atoms with Gasteiger partial charge in [0.1, 0.15) is 6.29 Å². The number of aliphatic carboxylic acids is 1. The molecule has 1 aromatic rings. The fraction of sp³-hybridized carbons (Fsp3) is 0.273. The van der Waals surface area contributed by atoms with Crippen molar-refractivity contribution in [2.75, 3.05) is 5.73 Å². The normalized spacial score (nSPS) is 9.87. The molecule has 4 nitrogen and oxygen atoms in total. The van der Waals surface area contributed by atoms with E-state index in [-0.39, 0.29) is 6.42 Å². The molecule has 80 valence electrons. The van der Waals surface area contributed by atoms with Crippen molar-refractivity contribution in [1.29, 1.82) is 0 Å². The van der Waals surface area contributed by atoms with E-state index in [2.05, 4.69) is 0 Å². The number of benzene rings is 1. The van der Waals surface area contributed by atoms with E-state index in [9.17, 15) is 9.59 Å². The van der Waals surface area contributed by atoms with Crippen molar-refractivity contribution in [3.63, 3.8) is 0 Å². The molecule has 1 aromatic carbocycles. The van der Waals surface area contributed by atoms with Gasteiger partial charge in [0, 0.05) is 17.7 Å². The molecule has 0 aliphatic heterocycles. The summed E-state index contributed by atoms with van der Waals surface area (Å²) in [4.78, 5) is 20.7. The van der Waals surface area contributed by atoms with Crippen LogP contribution in [-0.4, -0.2) is 17.4 Å². The molecule has 0 saturated carbocycles. The number of aldehydes is 1. The maximum atomic E-state index is 10.4. The molecule has 4 heteroatoms. The summed E-state index contributed by atoms with van der Waals surface area (Å²) in [6.45, 7) is 0. The van der Waals surface area contributed by atoms with Crippen LogP contribution in [0.15, 0.2) is 18.2 Å². The van der Waals surface area contributed by atoms with Crippen molar-refractivity contribution in [3.05, 3.63) is 29.3 Å². The van der Waals surface area contributed by atoms with Crippen molar-refractivity contribution in [1.82, 2.24) is 0 Å². The Balaban J connectivity index is 2.62. The maximum absolute atomic E-state index is 10.4. The van der Waals surface area contributed by atoms with Crippen LogP contribution < -0.4 is 5.73 Å². The minimum atomic E-state index is -0.807. The zero-order valence-electron chi connectivity index (χ0n) is 8.27. The van der Waals surface area contributed by atoms with Gasteiger partial charge < -0.3 is 10.8 Å². The van der Waals surface area contributed by atoms with Gasteiger partial charge in [-0.3, -0.25) is 9.59 Å². The number of rotatable bonds is 5. The van der Waals surface area contributed by atoms with Gasteiger partial charge in [0.2, 0.25) is 0 Å². The summed E-state index contributed by atoms with van der Waals surface area (Å²) >= 11 is 0. The van der Waals surface area contributed by atoms with Crippen LogP contribution in [0, 0.1) is 0 Å². The van der Waals surface area contributed by atoms with Crippen molar-refractivity contribution in [3.8, 4) is 0 Å². The third-order valence-electron chi connectivity index (χ3n) is 2.14. The third kappa shape index (κ3) is 3.42. The molecule has 0 bridgehead atoms. The Labute approximate surface area is 87.7 Å². The molecule has 0 aromatic heterocycles. The SMILES string of the molecule is Nc1cc(C=O)ccc1CCCC(=O)O. The summed E-state index contributed by atoms with van der Waals surface area (Å²) < 4.78 is 0. The number of carbonyl (C=O) groups is 2. The molecule has 1 rings (SSSR count). The summed E-state index contributed by atoms with van der Waals surface area (Å²) in [6.07, 6.45) is 2.05. The van der Waals surface area contributed by atoms with Crippen molar-refractivity contribution < 1.29 is 14.7 Å². The molecule has 0 unspecified atom stereocenters. The average Bonchev–Trinajstić information content (AvgIpc) is 2.20. The summed E-state index contributed by atoms with van der Waals surface area (Å²) in [6, 6.07) is 5.05. The van der Waals surface area contributed by atoms with Crippen LogP contribution in [0.3, 0.4) is 0 Å². The summed E-state index contributed by atoms with van der Waals surface area (Å²) in [5.41, 5.74) is 7.68. The molecule has 0 fully saturated rings. The molecule has 0 radical (unpaired) electrons. The van der Waals surface area contributed by atoms with Crippen molar-refractivity contribution >= 4 is 17.9 Å². The highest BCUT2D eigenvalue weighted by atomic mass is 16.4. The van der Waals surface area contributed by atoms with E-state index in [1.165, 1.54) is 0 Å². The molecule has 0 atom stereocenters. The number of carboxylic acids is 1. The first-order valence-corrected chi connectivity index (χ1v) is 4.69. The standard InChI is InChI=1S/C11H13NO3/c12-10-6-8(7-13)4-5-9(10)2-1-3-11(14)15/h4-7H,1-3,12H2,(H,14,15). The van der Waals surface area contributed by atoms with Crippen LogP contribution in [0.2, 0.25) is 0 Å². The molecule has 0 heterocycles. The Morgan fingerprint density at radius 2 is 2.20 bits per heavy atom. The van der Waals surface area contributed by atoms with Crippen molar-refractivity contribution in [2.24, 2.45) is 0 Å². The predicted octanol–water partition coefficient (Wildman–Crippen LogP) is 1.49. The Hall–Kier alpha value is -1.84. The van der Waals surface area contributed by atoms with Gasteiger partial charge in [-0.2, -0.15) is 0 Å². The van der Waals surface area contributed by atoms with Crippen LogP contribution in [0.25, 0.3) is 0 Å². The zero-order chi connectivity index (χ0) is 11.3. The second-order valence-corrected chi connectivity index (χ2v) is 3.32. The minimum Gasteiger partial charge on any atom is -0.481 e. The molecule has 3 N–H and O–H groups in total. The Morgan fingerprint density at radius 1 is 1.47 bits per heavy atom. The van der Waals surface area contributed by atoms with Crippen LogP contribution in [0.5, 0.6) is 0 Å². The molecule has 0 aliphatic carbocycles. The van der Waals surface area contributed by atoms with E-state index in [1.54, 1.807) is 18.2 Å². The number of nitrogens with two attached hydrogens (primary N) is 1. The largest absolute Gasteiger partial charge is 0.481 e. The quantitative estimate of drug-likeness (QED) is 0.566. The smallest absolute Gasteiger partial charge is 0.303 e. The van der Waals surface area contributed by atoms with Crippen LogP contribution in [0.1, 0.15) is 28.8 Å². The number of aryl methyl sites for hydroxylation is 1. The number of hydrogen-bond acceptors (Lipinski definition) is 3. The Morgan fingerprint density at radius 3 is 2.73 bits per heavy atom. The van der Waals surface area contributed by atoms with Gasteiger partial charge in [-0.05, 0) is 24.5 Å². The van der Waals surface area contributed by atoms with Crippen molar-refractivity contribution in [2.45, 2.75) is 19.3 Å². The first-order valence-electron chi connectivity index (χ1n) is 4.69. The van der Waals surface area contributed by atoms with Gasteiger partial charge >= 0.3 is 5.97 Å². The second-order valence-electron chi connectivity index (χ2n) is 3.32. The number of carbonyl (C=O) groups excluding carboxylic acids is 1. The van der Waals surface area contributed by atoms with E-state index < -0.39 is 5.97 Å². The topological polar surface area (TPSA) is 80.4 Å². The molecule has 0 saturated heterocycles. The predicted molar refractivity (Wildman–Crippen MR) is 56.8 cm³/mol. The molecule has 0 aliphatic rings. The summed E-state index contributed by atoms with van der Waals surface area (Å²) in [5.74, 6) is -0.807. The fourth-order valence-electron chi connectivity index (χ4n) is 1.34. The molecule has 15 heavy (non-hydrogen) atoms. The lowest BCUT2D eigenvalue weighted by atomic mass is 10.0. The van der Waals surface area contributed by atoms with Gasteiger partial charge in [0.15, 0.2) is 0 Å². The molecular formula is C11H13NO3. The lowest BCUT2D eigenvalue weighted by molar-refractivity contribution is -0.137. The summed E-state index contributed by atoms with van der Waals surface area (Å²) in [7, 11) is 0. The monoisotopic (exact) mass is 207 g/mol. The Kier molecular flexibility index (Phi) is 3.85. The number of anilines is 1. The second kappa shape index (κ2) is 5.14. The first-order chi connectivity index (χ1) is 7.13. The fourth-order valence-corrected chi connectivity index (χ4v) is 1.34. The van der Waals surface area contributed by atoms with Crippen LogP contribution in [-0.2, 0) is 11.2 Å². The van der Waals surface area contributed by atoms with E-state index in [0.29, 0.717) is 24.1 Å². The molecular weight excluding hydrogens is 194 g/mol. The van der Waals surface area contributed by atoms with Gasteiger partial charge in [-0.1, -0.05) is 12.1 Å². The average molecular weight is 207 g/mol. The van der Waals surface area contributed by atoms with E-state index in [0.717, 1.165) is 11.8 Å².